The van der Waals surface area contributed by atoms with Crippen LogP contribution in [0.25, 0.3) is 11.6 Å². The van der Waals surface area contributed by atoms with E-state index >= 15 is 0 Å². The van der Waals surface area contributed by atoms with Crippen LogP contribution >= 0.6 is 0 Å². The molecule has 0 spiro atoms. The average Bonchev–Trinajstić information content (AvgIpc) is 3.15. The number of halogens is 13. The summed E-state index contributed by atoms with van der Waals surface area (Å²) in [5, 5.41) is 0. The lowest BCUT2D eigenvalue weighted by molar-refractivity contribution is 0.372. The van der Waals surface area contributed by atoms with E-state index in [2.05, 4.69) is 13.2 Å². The standard InChI is InChI=1S/C17H12F6.C11H11F3.C9H8F4.C2H6.H2O/c1-3-9-4-5-10(12(18)7-9)8(2)6-11-13(19)15(21)17(23)16(22)14(11)20;1-4-7-6(3)9(12)11(14)10(13)8(7)5-2;1-3-5-8(12)6(10)4(2)7(11)9(5)13;1-2;/h4-5,7H,2-3,6H2,1H3;5H,2,4H2,1,3H3;3H2,1-2H3;1-2H3;1H2. The van der Waals surface area contributed by atoms with E-state index in [1.165, 1.54) is 32.1 Å². The first kappa shape index (κ1) is 48.4. The van der Waals surface area contributed by atoms with Gasteiger partial charge in [0.1, 0.15) is 5.82 Å². The molecule has 0 heterocycles. The van der Waals surface area contributed by atoms with Crippen molar-refractivity contribution in [2.24, 2.45) is 0 Å². The second-order valence-corrected chi connectivity index (χ2v) is 10.7. The smallest absolute Gasteiger partial charge is 0.200 e. The van der Waals surface area contributed by atoms with Gasteiger partial charge in [-0.1, -0.05) is 66.0 Å². The van der Waals surface area contributed by atoms with Crippen LogP contribution < -0.4 is 0 Å². The molecular weight excluding hydrogens is 731 g/mol. The summed E-state index contributed by atoms with van der Waals surface area (Å²) in [6.07, 6.45) is 1.46. The summed E-state index contributed by atoms with van der Waals surface area (Å²) >= 11 is 0. The van der Waals surface area contributed by atoms with Crippen molar-refractivity contribution in [2.75, 3.05) is 0 Å². The molecule has 292 valence electrons. The lowest BCUT2D eigenvalue weighted by Gasteiger charge is -2.11. The molecule has 0 aliphatic heterocycles. The van der Waals surface area contributed by atoms with Crippen molar-refractivity contribution in [1.29, 1.82) is 0 Å². The molecule has 0 saturated carbocycles. The van der Waals surface area contributed by atoms with Gasteiger partial charge in [-0.25, -0.2) is 57.1 Å². The molecule has 53 heavy (non-hydrogen) atoms. The normalized spacial score (nSPS) is 10.2. The minimum atomic E-state index is -2.23. The molecule has 0 fully saturated rings. The van der Waals surface area contributed by atoms with E-state index in [-0.39, 0.29) is 34.2 Å². The highest BCUT2D eigenvalue weighted by Crippen LogP contribution is 2.29. The van der Waals surface area contributed by atoms with E-state index in [1.54, 1.807) is 13.0 Å². The molecule has 0 unspecified atom stereocenters. The molecule has 0 atom stereocenters. The molecule has 0 radical (unpaired) electrons. The molecule has 0 bridgehead atoms. The van der Waals surface area contributed by atoms with E-state index in [0.717, 1.165) is 6.92 Å². The van der Waals surface area contributed by atoms with Crippen LogP contribution in [0, 0.1) is 89.5 Å². The number of hydrogen-bond acceptors (Lipinski definition) is 0. The summed E-state index contributed by atoms with van der Waals surface area (Å²) in [7, 11) is 0. The molecule has 0 aliphatic carbocycles. The van der Waals surface area contributed by atoms with E-state index in [4.69, 9.17) is 0 Å². The zero-order chi connectivity index (χ0) is 40.4. The van der Waals surface area contributed by atoms with E-state index in [1.807, 2.05) is 20.8 Å². The maximum Gasteiger partial charge on any atom is 0.200 e. The fourth-order valence-electron chi connectivity index (χ4n) is 4.79. The van der Waals surface area contributed by atoms with Crippen molar-refractivity contribution in [1.82, 2.24) is 0 Å². The minimum Gasteiger partial charge on any atom is -0.412 e. The average molecular weight is 771 g/mol. The van der Waals surface area contributed by atoms with Crippen LogP contribution in [-0.4, -0.2) is 5.48 Å². The largest absolute Gasteiger partial charge is 0.412 e. The Labute approximate surface area is 299 Å². The Morgan fingerprint density at radius 2 is 0.925 bits per heavy atom. The van der Waals surface area contributed by atoms with Crippen molar-refractivity contribution >= 4 is 11.6 Å². The molecule has 0 aliphatic rings. The molecular formula is C39H39F13O. The minimum absolute atomic E-state index is 0. The van der Waals surface area contributed by atoms with Gasteiger partial charge in [-0.2, -0.15) is 0 Å². The first-order valence-corrected chi connectivity index (χ1v) is 15.9. The highest BCUT2D eigenvalue weighted by molar-refractivity contribution is 5.66. The molecule has 14 heteroatoms. The predicted octanol–water partition coefficient (Wildman–Crippen LogP) is 12.3. The zero-order valence-electron chi connectivity index (χ0n) is 30.0. The van der Waals surface area contributed by atoms with Crippen LogP contribution in [0.15, 0.2) is 31.4 Å². The molecule has 0 amide bonds. The summed E-state index contributed by atoms with van der Waals surface area (Å²) in [6, 6.07) is 4.20. The van der Waals surface area contributed by atoms with Gasteiger partial charge in [0.05, 0.1) is 0 Å². The van der Waals surface area contributed by atoms with Crippen LogP contribution in [0.3, 0.4) is 0 Å². The molecule has 4 rings (SSSR count). The summed E-state index contributed by atoms with van der Waals surface area (Å²) in [6.45, 7) is 18.3. The Kier molecular flexibility index (Phi) is 19.4. The fourth-order valence-corrected chi connectivity index (χ4v) is 4.79. The molecule has 2 N–H and O–H groups in total. The maximum absolute atomic E-state index is 14.0. The van der Waals surface area contributed by atoms with Crippen LogP contribution in [-0.2, 0) is 25.7 Å². The summed E-state index contributed by atoms with van der Waals surface area (Å²) in [5.41, 5.74) is -0.936. The summed E-state index contributed by atoms with van der Waals surface area (Å²) < 4.78 is 171. The van der Waals surface area contributed by atoms with Gasteiger partial charge < -0.3 is 5.48 Å². The van der Waals surface area contributed by atoms with Gasteiger partial charge >= 0.3 is 0 Å². The predicted molar refractivity (Wildman–Crippen MR) is 181 cm³/mol. The topological polar surface area (TPSA) is 31.5 Å². The Balaban J connectivity index is 0.000000782. The van der Waals surface area contributed by atoms with Gasteiger partial charge in [0, 0.05) is 34.2 Å². The van der Waals surface area contributed by atoms with Crippen LogP contribution in [0.2, 0.25) is 0 Å². The Morgan fingerprint density at radius 1 is 0.528 bits per heavy atom. The second kappa shape index (κ2) is 21.2. The molecule has 0 saturated heterocycles. The molecule has 4 aromatic rings. The molecule has 4 aromatic carbocycles. The fraction of sp³-hybridized carbons (Fsp3) is 0.282. The van der Waals surface area contributed by atoms with Crippen molar-refractivity contribution < 1.29 is 62.6 Å². The number of rotatable bonds is 7. The number of benzene rings is 4. The Hall–Kier alpha value is -4.59. The zero-order valence-corrected chi connectivity index (χ0v) is 30.0. The van der Waals surface area contributed by atoms with Crippen molar-refractivity contribution in [3.63, 3.8) is 0 Å². The molecule has 0 aromatic heterocycles. The van der Waals surface area contributed by atoms with E-state index < -0.39 is 98.7 Å². The van der Waals surface area contributed by atoms with Crippen LogP contribution in [0.4, 0.5) is 57.1 Å². The monoisotopic (exact) mass is 770 g/mol. The molecule has 1 nitrogen and oxygen atoms in total. The second-order valence-electron chi connectivity index (χ2n) is 10.7. The van der Waals surface area contributed by atoms with Crippen LogP contribution in [0.1, 0.15) is 79.1 Å². The lowest BCUT2D eigenvalue weighted by atomic mass is 9.96. The van der Waals surface area contributed by atoms with Crippen molar-refractivity contribution in [3.8, 4) is 0 Å². The van der Waals surface area contributed by atoms with Crippen molar-refractivity contribution in [3.05, 3.63) is 151 Å². The summed E-state index contributed by atoms with van der Waals surface area (Å²) in [5.74, 6) is -19.7. The van der Waals surface area contributed by atoms with Gasteiger partial charge in [0.15, 0.2) is 64.0 Å². The number of aryl methyl sites for hydroxylation is 1. The third-order valence-electron chi connectivity index (χ3n) is 7.73. The first-order valence-electron chi connectivity index (χ1n) is 15.9. The van der Waals surface area contributed by atoms with E-state index in [0.29, 0.717) is 24.0 Å². The first-order chi connectivity index (χ1) is 24.3. The lowest BCUT2D eigenvalue weighted by Crippen LogP contribution is -2.08. The van der Waals surface area contributed by atoms with E-state index in [9.17, 15) is 57.1 Å². The maximum atomic E-state index is 14.0. The van der Waals surface area contributed by atoms with Gasteiger partial charge in [0.25, 0.3) is 0 Å². The van der Waals surface area contributed by atoms with Crippen LogP contribution in [0.5, 0.6) is 0 Å². The summed E-state index contributed by atoms with van der Waals surface area (Å²) in [4.78, 5) is 0. The quantitative estimate of drug-likeness (QED) is 0.102. The van der Waals surface area contributed by atoms with Gasteiger partial charge in [0.2, 0.25) is 5.82 Å². The number of hydrogen-bond donors (Lipinski definition) is 0. The number of allylic oxidation sites excluding steroid dienone is 1. The third-order valence-corrected chi connectivity index (χ3v) is 7.73. The van der Waals surface area contributed by atoms with Crippen molar-refractivity contribution in [2.45, 2.75) is 74.1 Å². The van der Waals surface area contributed by atoms with Gasteiger partial charge in [-0.15, -0.1) is 0 Å². The third kappa shape index (κ3) is 10.5. The Morgan fingerprint density at radius 3 is 1.32 bits per heavy atom. The highest BCUT2D eigenvalue weighted by atomic mass is 19.2. The highest BCUT2D eigenvalue weighted by Gasteiger charge is 2.26. The Bertz CT molecular complexity index is 1880. The SMILES string of the molecule is C=C(Cc1c(F)c(F)c(F)c(F)c1F)c1ccc(CC)cc1F.C=Cc1c(F)c(F)c(F)c(C)c1CC.CC.CCc1c(F)c(F)c(C)c(F)c1F.O. The van der Waals surface area contributed by atoms with Gasteiger partial charge in [-0.3, -0.25) is 0 Å². The van der Waals surface area contributed by atoms with Gasteiger partial charge in [-0.05, 0) is 61.4 Å².